The fraction of sp³-hybridized carbons (Fsp3) is 0.500. The first-order valence-corrected chi connectivity index (χ1v) is 7.91. The maximum absolute atomic E-state index is 13.2. The van der Waals surface area contributed by atoms with Gasteiger partial charge in [-0.05, 0) is 30.7 Å². The van der Waals surface area contributed by atoms with E-state index < -0.39 is 0 Å². The van der Waals surface area contributed by atoms with Crippen LogP contribution in [0, 0.1) is 5.82 Å². The molecule has 0 saturated heterocycles. The molecule has 7 heteroatoms. The van der Waals surface area contributed by atoms with Crippen LogP contribution in [0.25, 0.3) is 11.4 Å². The summed E-state index contributed by atoms with van der Waals surface area (Å²) in [6, 6.07) is 6.08. The van der Waals surface area contributed by atoms with Gasteiger partial charge in [-0.25, -0.2) is 4.39 Å². The summed E-state index contributed by atoms with van der Waals surface area (Å²) < 4.78 is 13.2. The van der Waals surface area contributed by atoms with E-state index in [-0.39, 0.29) is 24.3 Å². The number of unbranched alkanes of at least 4 members (excludes halogenated alkanes) is 2. The number of benzene rings is 1. The van der Waals surface area contributed by atoms with Crippen molar-refractivity contribution in [3.63, 3.8) is 0 Å². The molecule has 124 valence electrons. The van der Waals surface area contributed by atoms with Gasteiger partial charge < -0.3 is 5.32 Å². The molecule has 0 spiro atoms. The topological polar surface area (TPSA) is 72.7 Å². The molecule has 1 heterocycles. The highest BCUT2D eigenvalue weighted by Gasteiger charge is 2.11. The molecule has 2 rings (SSSR count). The highest BCUT2D eigenvalue weighted by molar-refractivity contribution is 5.75. The maximum Gasteiger partial charge on any atom is 0.243 e. The summed E-state index contributed by atoms with van der Waals surface area (Å²) in [7, 11) is 0. The number of tetrazole rings is 1. The number of carbonyl (C=O) groups is 1. The minimum absolute atomic E-state index is 0.000430. The predicted molar refractivity (Wildman–Crippen MR) is 85.0 cm³/mol. The molecule has 1 aromatic carbocycles. The van der Waals surface area contributed by atoms with Crippen LogP contribution < -0.4 is 5.32 Å². The third-order valence-corrected chi connectivity index (χ3v) is 3.47. The molecule has 23 heavy (non-hydrogen) atoms. The molecule has 1 unspecified atom stereocenters. The van der Waals surface area contributed by atoms with E-state index >= 15 is 0 Å². The second-order valence-corrected chi connectivity index (χ2v) is 5.62. The van der Waals surface area contributed by atoms with Gasteiger partial charge in [0.25, 0.3) is 0 Å². The number of carbonyl (C=O) groups excluding carboxylic acids is 1. The van der Waals surface area contributed by atoms with Crippen LogP contribution in [0.4, 0.5) is 4.39 Å². The zero-order valence-electron chi connectivity index (χ0n) is 13.5. The van der Waals surface area contributed by atoms with Crippen LogP contribution in [0.3, 0.4) is 0 Å². The molecule has 1 amide bonds. The molecule has 0 bridgehead atoms. The second kappa shape index (κ2) is 8.36. The number of halogens is 1. The molecular formula is C16H22FN5O. The number of hydrogen-bond donors (Lipinski definition) is 1. The number of amides is 1. The predicted octanol–water partition coefficient (Wildman–Crippen LogP) is 2.56. The van der Waals surface area contributed by atoms with E-state index in [0.717, 1.165) is 19.3 Å². The van der Waals surface area contributed by atoms with E-state index in [1.165, 1.54) is 23.4 Å². The number of aromatic nitrogens is 4. The van der Waals surface area contributed by atoms with Gasteiger partial charge in [-0.2, -0.15) is 4.80 Å². The Morgan fingerprint density at radius 3 is 2.96 bits per heavy atom. The molecule has 0 fully saturated rings. The summed E-state index contributed by atoms with van der Waals surface area (Å²) in [6.45, 7) is 4.14. The quantitative estimate of drug-likeness (QED) is 0.759. The standard InChI is InChI=1S/C16H22FN5O/c1-3-4-5-7-12(2)18-15(23)11-22-20-16(19-21-22)13-8-6-9-14(17)10-13/h6,8-10,12H,3-5,7,11H2,1-2H3,(H,18,23). The van der Waals surface area contributed by atoms with Crippen molar-refractivity contribution in [2.24, 2.45) is 0 Å². The summed E-state index contributed by atoms with van der Waals surface area (Å²) in [5.41, 5.74) is 0.532. The van der Waals surface area contributed by atoms with E-state index in [2.05, 4.69) is 27.7 Å². The Balaban J connectivity index is 1.87. The lowest BCUT2D eigenvalue weighted by molar-refractivity contribution is -0.122. The fourth-order valence-corrected chi connectivity index (χ4v) is 2.27. The lowest BCUT2D eigenvalue weighted by Crippen LogP contribution is -2.35. The Morgan fingerprint density at radius 1 is 1.39 bits per heavy atom. The van der Waals surface area contributed by atoms with Gasteiger partial charge >= 0.3 is 0 Å². The van der Waals surface area contributed by atoms with Gasteiger partial charge in [-0.15, -0.1) is 10.2 Å². The van der Waals surface area contributed by atoms with Crippen LogP contribution in [-0.2, 0) is 11.3 Å². The van der Waals surface area contributed by atoms with E-state index in [1.54, 1.807) is 12.1 Å². The van der Waals surface area contributed by atoms with Crippen molar-refractivity contribution in [1.82, 2.24) is 25.5 Å². The molecule has 6 nitrogen and oxygen atoms in total. The first-order chi connectivity index (χ1) is 11.1. The van der Waals surface area contributed by atoms with Crippen LogP contribution in [0.5, 0.6) is 0 Å². The normalized spacial score (nSPS) is 12.1. The monoisotopic (exact) mass is 319 g/mol. The molecule has 0 aliphatic carbocycles. The smallest absolute Gasteiger partial charge is 0.243 e. The zero-order valence-corrected chi connectivity index (χ0v) is 13.5. The van der Waals surface area contributed by atoms with Crippen LogP contribution >= 0.6 is 0 Å². The SMILES string of the molecule is CCCCCC(C)NC(=O)Cn1nnc(-c2cccc(F)c2)n1. The average Bonchev–Trinajstić information content (AvgIpc) is 2.95. The Kier molecular flexibility index (Phi) is 6.19. The van der Waals surface area contributed by atoms with Gasteiger partial charge in [-0.3, -0.25) is 4.79 Å². The van der Waals surface area contributed by atoms with Gasteiger partial charge in [0.1, 0.15) is 12.4 Å². The molecule has 1 aromatic heterocycles. The van der Waals surface area contributed by atoms with Gasteiger partial charge in [0.2, 0.25) is 11.7 Å². The van der Waals surface area contributed by atoms with Crippen molar-refractivity contribution < 1.29 is 9.18 Å². The van der Waals surface area contributed by atoms with Gasteiger partial charge in [0.15, 0.2) is 0 Å². The summed E-state index contributed by atoms with van der Waals surface area (Å²) in [4.78, 5) is 13.2. The van der Waals surface area contributed by atoms with E-state index in [4.69, 9.17) is 0 Å². The number of nitrogens with one attached hydrogen (secondary N) is 1. The first kappa shape index (κ1) is 17.1. The van der Waals surface area contributed by atoms with Crippen molar-refractivity contribution in [2.45, 2.75) is 52.1 Å². The number of nitrogens with zero attached hydrogens (tertiary/aromatic N) is 4. The molecular weight excluding hydrogens is 297 g/mol. The summed E-state index contributed by atoms with van der Waals surface area (Å²) in [6.07, 6.45) is 4.39. The van der Waals surface area contributed by atoms with Crippen molar-refractivity contribution in [3.8, 4) is 11.4 Å². The van der Waals surface area contributed by atoms with E-state index in [0.29, 0.717) is 11.4 Å². The molecule has 0 radical (unpaired) electrons. The zero-order chi connectivity index (χ0) is 16.7. The minimum Gasteiger partial charge on any atom is -0.352 e. The first-order valence-electron chi connectivity index (χ1n) is 7.91. The summed E-state index contributed by atoms with van der Waals surface area (Å²) >= 11 is 0. The van der Waals surface area contributed by atoms with Crippen LogP contribution in [0.1, 0.15) is 39.5 Å². The highest BCUT2D eigenvalue weighted by atomic mass is 19.1. The lowest BCUT2D eigenvalue weighted by Gasteiger charge is -2.12. The Hall–Kier alpha value is -2.31. The van der Waals surface area contributed by atoms with Crippen LogP contribution in [-0.4, -0.2) is 32.2 Å². The molecule has 0 aliphatic rings. The molecule has 0 saturated carbocycles. The van der Waals surface area contributed by atoms with Crippen molar-refractivity contribution >= 4 is 5.91 Å². The summed E-state index contributed by atoms with van der Waals surface area (Å²) in [5.74, 6) is -0.219. The van der Waals surface area contributed by atoms with Gasteiger partial charge in [0, 0.05) is 11.6 Å². The average molecular weight is 319 g/mol. The molecule has 1 N–H and O–H groups in total. The number of hydrogen-bond acceptors (Lipinski definition) is 4. The Bertz CT molecular complexity index is 643. The van der Waals surface area contributed by atoms with Crippen LogP contribution in [0.15, 0.2) is 24.3 Å². The van der Waals surface area contributed by atoms with Crippen LogP contribution in [0.2, 0.25) is 0 Å². The number of rotatable bonds is 8. The third kappa shape index (κ3) is 5.43. The Labute approximate surface area is 135 Å². The molecule has 1 atom stereocenters. The third-order valence-electron chi connectivity index (χ3n) is 3.47. The van der Waals surface area contributed by atoms with Crippen molar-refractivity contribution in [2.75, 3.05) is 0 Å². The van der Waals surface area contributed by atoms with Crippen molar-refractivity contribution in [1.29, 1.82) is 0 Å². The van der Waals surface area contributed by atoms with Gasteiger partial charge in [-0.1, -0.05) is 38.3 Å². The minimum atomic E-state index is -0.363. The molecule has 0 aliphatic heterocycles. The molecule has 2 aromatic rings. The maximum atomic E-state index is 13.2. The lowest BCUT2D eigenvalue weighted by atomic mass is 10.1. The van der Waals surface area contributed by atoms with Gasteiger partial charge in [0.05, 0.1) is 0 Å². The van der Waals surface area contributed by atoms with E-state index in [1.807, 2.05) is 6.92 Å². The fourth-order valence-electron chi connectivity index (χ4n) is 2.27. The van der Waals surface area contributed by atoms with E-state index in [9.17, 15) is 9.18 Å². The van der Waals surface area contributed by atoms with Crippen molar-refractivity contribution in [3.05, 3.63) is 30.1 Å². The largest absolute Gasteiger partial charge is 0.352 e. The summed E-state index contributed by atoms with van der Waals surface area (Å²) in [5, 5.41) is 14.7. The highest BCUT2D eigenvalue weighted by Crippen LogP contribution is 2.14. The second-order valence-electron chi connectivity index (χ2n) is 5.62. The Morgan fingerprint density at radius 2 is 2.22 bits per heavy atom.